The van der Waals surface area contributed by atoms with Crippen LogP contribution in [0.4, 0.5) is 36.7 Å². The van der Waals surface area contributed by atoms with Crippen LogP contribution in [0.3, 0.4) is 0 Å². The van der Waals surface area contributed by atoms with Gasteiger partial charge in [0.1, 0.15) is 0 Å². The second-order valence-electron chi connectivity index (χ2n) is 7.56. The van der Waals surface area contributed by atoms with Gasteiger partial charge in [0.25, 0.3) is 0 Å². The van der Waals surface area contributed by atoms with Gasteiger partial charge in [-0.25, -0.2) is 0 Å². The van der Waals surface area contributed by atoms with E-state index in [-0.39, 0.29) is 11.6 Å². The molecule has 2 heterocycles. The first kappa shape index (κ1) is 20.6. The monoisotopic (exact) mass is 422 g/mol. The molecule has 1 saturated heterocycles. The maximum atomic E-state index is 13.0. The molecule has 1 aromatic carbocycles. The molecule has 0 radical (unpaired) electrons. The number of hydrogen-bond donors (Lipinski definition) is 2. The minimum Gasteiger partial charge on any atom is -0.378 e. The number of alkyl halides is 3. The SMILES string of the molecule is FC(F)(F)c1cccc(Nc2nc(NC3CCCCC3)nc(N3CCOCC3)n2)c1. The zero-order valence-corrected chi connectivity index (χ0v) is 16.6. The Morgan fingerprint density at radius 2 is 1.70 bits per heavy atom. The second-order valence-corrected chi connectivity index (χ2v) is 7.56. The minimum atomic E-state index is -4.41. The van der Waals surface area contributed by atoms with E-state index in [0.717, 1.165) is 37.8 Å². The van der Waals surface area contributed by atoms with E-state index >= 15 is 0 Å². The maximum Gasteiger partial charge on any atom is 0.416 e. The van der Waals surface area contributed by atoms with Gasteiger partial charge in [0, 0.05) is 24.8 Å². The molecular weight excluding hydrogens is 397 g/mol. The molecule has 162 valence electrons. The number of nitrogens with zero attached hydrogens (tertiary/aromatic N) is 4. The lowest BCUT2D eigenvalue weighted by Crippen LogP contribution is -2.37. The molecule has 10 heteroatoms. The number of ether oxygens (including phenoxy) is 1. The molecule has 1 aromatic heterocycles. The summed E-state index contributed by atoms with van der Waals surface area (Å²) < 4.78 is 44.5. The van der Waals surface area contributed by atoms with E-state index in [4.69, 9.17) is 4.74 Å². The van der Waals surface area contributed by atoms with Crippen molar-refractivity contribution >= 4 is 23.5 Å². The number of nitrogens with one attached hydrogen (secondary N) is 2. The number of rotatable bonds is 5. The van der Waals surface area contributed by atoms with E-state index in [1.165, 1.54) is 12.5 Å². The summed E-state index contributed by atoms with van der Waals surface area (Å²) in [4.78, 5) is 15.4. The Morgan fingerprint density at radius 1 is 0.967 bits per heavy atom. The average molecular weight is 422 g/mol. The smallest absolute Gasteiger partial charge is 0.378 e. The molecule has 2 N–H and O–H groups in total. The molecule has 0 unspecified atom stereocenters. The van der Waals surface area contributed by atoms with Gasteiger partial charge in [-0.15, -0.1) is 0 Å². The molecule has 1 saturated carbocycles. The van der Waals surface area contributed by atoms with Crippen LogP contribution < -0.4 is 15.5 Å². The summed E-state index contributed by atoms with van der Waals surface area (Å²) in [6, 6.07) is 5.29. The third-order valence-corrected chi connectivity index (χ3v) is 5.30. The minimum absolute atomic E-state index is 0.212. The number of anilines is 4. The molecule has 2 fully saturated rings. The molecule has 7 nitrogen and oxygen atoms in total. The van der Waals surface area contributed by atoms with E-state index in [1.54, 1.807) is 6.07 Å². The second kappa shape index (κ2) is 9.03. The van der Waals surface area contributed by atoms with Crippen LogP contribution >= 0.6 is 0 Å². The predicted molar refractivity (Wildman–Crippen MR) is 108 cm³/mol. The van der Waals surface area contributed by atoms with Crippen LogP contribution in [0, 0.1) is 0 Å². The highest BCUT2D eigenvalue weighted by molar-refractivity contribution is 5.57. The van der Waals surface area contributed by atoms with Crippen molar-refractivity contribution in [3.63, 3.8) is 0 Å². The molecule has 0 amide bonds. The number of hydrogen-bond acceptors (Lipinski definition) is 7. The van der Waals surface area contributed by atoms with Gasteiger partial charge in [-0.1, -0.05) is 25.3 Å². The largest absolute Gasteiger partial charge is 0.416 e. The highest BCUT2D eigenvalue weighted by Crippen LogP contribution is 2.31. The van der Waals surface area contributed by atoms with Crippen molar-refractivity contribution in [2.24, 2.45) is 0 Å². The van der Waals surface area contributed by atoms with Gasteiger partial charge in [0.05, 0.1) is 18.8 Å². The molecular formula is C20H25F3N6O. The molecule has 1 aliphatic heterocycles. The molecule has 4 rings (SSSR count). The van der Waals surface area contributed by atoms with Gasteiger partial charge in [-0.2, -0.15) is 28.1 Å². The molecule has 2 aromatic rings. The fourth-order valence-electron chi connectivity index (χ4n) is 3.72. The van der Waals surface area contributed by atoms with Gasteiger partial charge in [0.15, 0.2) is 0 Å². The van der Waals surface area contributed by atoms with Crippen molar-refractivity contribution in [2.45, 2.75) is 44.3 Å². The lowest BCUT2D eigenvalue weighted by Gasteiger charge is -2.28. The van der Waals surface area contributed by atoms with Gasteiger partial charge in [-0.05, 0) is 31.0 Å². The summed E-state index contributed by atoms with van der Waals surface area (Å²) in [5.41, 5.74) is -0.455. The van der Waals surface area contributed by atoms with Gasteiger partial charge in [-0.3, -0.25) is 0 Å². The van der Waals surface area contributed by atoms with Crippen LogP contribution in [0.2, 0.25) is 0 Å². The van der Waals surface area contributed by atoms with Gasteiger partial charge < -0.3 is 20.3 Å². The van der Waals surface area contributed by atoms with Crippen molar-refractivity contribution in [3.05, 3.63) is 29.8 Å². The van der Waals surface area contributed by atoms with Crippen LogP contribution in [0.5, 0.6) is 0 Å². The van der Waals surface area contributed by atoms with E-state index in [1.807, 2.05) is 4.90 Å². The maximum absolute atomic E-state index is 13.0. The first-order valence-electron chi connectivity index (χ1n) is 10.3. The third-order valence-electron chi connectivity index (χ3n) is 5.30. The van der Waals surface area contributed by atoms with Crippen LogP contribution in [0.1, 0.15) is 37.7 Å². The number of morpholine rings is 1. The lowest BCUT2D eigenvalue weighted by atomic mass is 9.96. The molecule has 1 aliphatic carbocycles. The van der Waals surface area contributed by atoms with Crippen LogP contribution in [0.25, 0.3) is 0 Å². The highest BCUT2D eigenvalue weighted by Gasteiger charge is 2.30. The van der Waals surface area contributed by atoms with Crippen molar-refractivity contribution in [1.82, 2.24) is 15.0 Å². The van der Waals surface area contributed by atoms with Crippen molar-refractivity contribution < 1.29 is 17.9 Å². The highest BCUT2D eigenvalue weighted by atomic mass is 19.4. The summed E-state index contributed by atoms with van der Waals surface area (Å²) in [7, 11) is 0. The Morgan fingerprint density at radius 3 is 2.43 bits per heavy atom. The number of aromatic nitrogens is 3. The van der Waals surface area contributed by atoms with Crippen LogP contribution in [-0.4, -0.2) is 47.3 Å². The normalized spacial score (nSPS) is 18.3. The summed E-state index contributed by atoms with van der Waals surface area (Å²) in [5.74, 6) is 1.14. The van der Waals surface area contributed by atoms with E-state index in [2.05, 4.69) is 25.6 Å². The van der Waals surface area contributed by atoms with Crippen molar-refractivity contribution in [1.29, 1.82) is 0 Å². The van der Waals surface area contributed by atoms with E-state index < -0.39 is 11.7 Å². The Kier molecular flexibility index (Phi) is 6.21. The zero-order chi connectivity index (χ0) is 21.0. The Hall–Kier alpha value is -2.62. The summed E-state index contributed by atoms with van der Waals surface area (Å²) in [6.07, 6.45) is 1.24. The van der Waals surface area contributed by atoms with Gasteiger partial charge >= 0.3 is 6.18 Å². The molecule has 0 atom stereocenters. The Balaban J connectivity index is 1.59. The third kappa shape index (κ3) is 5.29. The standard InChI is InChI=1S/C20H25F3N6O/c21-20(22,23)14-5-4-8-16(13-14)25-18-26-17(24-15-6-2-1-3-7-15)27-19(28-18)29-9-11-30-12-10-29/h4-5,8,13,15H,1-3,6-7,9-12H2,(H2,24,25,26,27,28). The molecule has 0 bridgehead atoms. The fourth-order valence-corrected chi connectivity index (χ4v) is 3.72. The number of benzene rings is 1. The van der Waals surface area contributed by atoms with Crippen molar-refractivity contribution in [3.8, 4) is 0 Å². The molecule has 0 spiro atoms. The van der Waals surface area contributed by atoms with E-state index in [9.17, 15) is 13.2 Å². The van der Waals surface area contributed by atoms with Crippen LogP contribution in [0.15, 0.2) is 24.3 Å². The Bertz CT molecular complexity index is 851. The zero-order valence-electron chi connectivity index (χ0n) is 16.6. The summed E-state index contributed by atoms with van der Waals surface area (Å²) >= 11 is 0. The predicted octanol–water partition coefficient (Wildman–Crippen LogP) is 4.22. The van der Waals surface area contributed by atoms with Gasteiger partial charge in [0.2, 0.25) is 17.8 Å². The van der Waals surface area contributed by atoms with E-state index in [0.29, 0.717) is 44.2 Å². The fraction of sp³-hybridized carbons (Fsp3) is 0.550. The van der Waals surface area contributed by atoms with Crippen molar-refractivity contribution in [2.75, 3.05) is 41.8 Å². The first-order chi connectivity index (χ1) is 14.5. The summed E-state index contributed by atoms with van der Waals surface area (Å²) in [6.45, 7) is 2.45. The quantitative estimate of drug-likeness (QED) is 0.747. The average Bonchev–Trinajstić information content (AvgIpc) is 2.74. The first-order valence-corrected chi connectivity index (χ1v) is 10.3. The summed E-state index contributed by atoms with van der Waals surface area (Å²) in [5, 5.41) is 6.30. The molecule has 30 heavy (non-hydrogen) atoms. The molecule has 2 aliphatic rings. The Labute approximate surface area is 173 Å². The van der Waals surface area contributed by atoms with Crippen LogP contribution in [-0.2, 0) is 10.9 Å². The lowest BCUT2D eigenvalue weighted by molar-refractivity contribution is -0.137. The topological polar surface area (TPSA) is 75.2 Å². The number of halogens is 3.